The van der Waals surface area contributed by atoms with E-state index in [0.29, 0.717) is 0 Å². The number of aryl methyl sites for hydroxylation is 1. The Morgan fingerprint density at radius 1 is 1.25 bits per heavy atom. The van der Waals surface area contributed by atoms with Crippen LogP contribution in [0.4, 0.5) is 11.4 Å². The predicted molar refractivity (Wildman–Crippen MR) is 69.8 cm³/mol. The number of rotatable bonds is 7. The highest BCUT2D eigenvalue weighted by molar-refractivity contribution is 5.57. The number of unbranched alkanes of at least 4 members (excludes halogenated alkanes) is 2. The van der Waals surface area contributed by atoms with Crippen LogP contribution >= 0.6 is 0 Å². The first kappa shape index (κ1) is 12.8. The summed E-state index contributed by atoms with van der Waals surface area (Å²) in [6.45, 7) is 3.94. The van der Waals surface area contributed by atoms with Gasteiger partial charge >= 0.3 is 0 Å². The Hall–Kier alpha value is -1.22. The Bertz CT molecular complexity index is 313. The van der Waals surface area contributed by atoms with Crippen LogP contribution in [0.15, 0.2) is 18.2 Å². The number of ether oxygens (including phenoxy) is 1. The Labute approximate surface area is 98.0 Å². The molecule has 1 rings (SSSR count). The summed E-state index contributed by atoms with van der Waals surface area (Å²) in [5, 5.41) is 3.42. The third-order valence-corrected chi connectivity index (χ3v) is 2.59. The molecule has 0 aliphatic rings. The predicted octanol–water partition coefficient (Wildman–Crippen LogP) is 2.81. The van der Waals surface area contributed by atoms with Gasteiger partial charge in [0.15, 0.2) is 0 Å². The smallest absolute Gasteiger partial charge is 0.0462 e. The van der Waals surface area contributed by atoms with Crippen LogP contribution in [0.2, 0.25) is 0 Å². The van der Waals surface area contributed by atoms with Crippen LogP contribution in [-0.2, 0) is 4.74 Å². The van der Waals surface area contributed by atoms with Crippen molar-refractivity contribution in [2.24, 2.45) is 0 Å². The van der Waals surface area contributed by atoms with E-state index in [0.717, 1.165) is 25.3 Å². The van der Waals surface area contributed by atoms with Crippen molar-refractivity contribution in [2.75, 3.05) is 31.3 Å². The first-order valence-electron chi connectivity index (χ1n) is 5.83. The van der Waals surface area contributed by atoms with Crippen LogP contribution in [0.5, 0.6) is 0 Å². The molecule has 0 saturated heterocycles. The van der Waals surface area contributed by atoms with E-state index in [1.54, 1.807) is 7.11 Å². The van der Waals surface area contributed by atoms with Crippen molar-refractivity contribution < 1.29 is 4.74 Å². The van der Waals surface area contributed by atoms with Gasteiger partial charge < -0.3 is 15.8 Å². The van der Waals surface area contributed by atoms with Crippen LogP contribution < -0.4 is 11.1 Å². The quantitative estimate of drug-likeness (QED) is 0.551. The fourth-order valence-electron chi connectivity index (χ4n) is 1.66. The molecule has 0 radical (unpaired) electrons. The zero-order valence-corrected chi connectivity index (χ0v) is 10.3. The molecule has 0 amide bonds. The molecule has 0 atom stereocenters. The maximum absolute atomic E-state index is 5.70. The minimum atomic E-state index is 0.822. The van der Waals surface area contributed by atoms with Crippen molar-refractivity contribution in [1.82, 2.24) is 0 Å². The molecule has 1 aromatic carbocycles. The molecule has 0 unspecified atom stereocenters. The fourth-order valence-corrected chi connectivity index (χ4v) is 1.66. The van der Waals surface area contributed by atoms with Crippen molar-refractivity contribution in [3.63, 3.8) is 0 Å². The van der Waals surface area contributed by atoms with Crippen LogP contribution in [0, 0.1) is 6.92 Å². The van der Waals surface area contributed by atoms with Gasteiger partial charge in [0.1, 0.15) is 0 Å². The number of nitrogens with two attached hydrogens (primary N) is 1. The minimum Gasteiger partial charge on any atom is -0.399 e. The van der Waals surface area contributed by atoms with Crippen molar-refractivity contribution in [3.05, 3.63) is 23.8 Å². The molecule has 0 heterocycles. The second-order valence-electron chi connectivity index (χ2n) is 4.05. The van der Waals surface area contributed by atoms with Gasteiger partial charge in [-0.25, -0.2) is 0 Å². The number of nitrogen functional groups attached to an aromatic ring is 1. The molecule has 0 aliphatic carbocycles. The lowest BCUT2D eigenvalue weighted by Gasteiger charge is -2.09. The molecule has 0 bridgehead atoms. The summed E-state index contributed by atoms with van der Waals surface area (Å²) in [5.41, 5.74) is 8.90. The molecule has 0 aromatic heterocycles. The number of benzene rings is 1. The van der Waals surface area contributed by atoms with E-state index in [1.807, 2.05) is 18.2 Å². The topological polar surface area (TPSA) is 47.3 Å². The molecule has 1 aromatic rings. The number of anilines is 2. The summed E-state index contributed by atoms with van der Waals surface area (Å²) >= 11 is 0. The van der Waals surface area contributed by atoms with E-state index in [1.165, 1.54) is 24.1 Å². The third-order valence-electron chi connectivity index (χ3n) is 2.59. The molecule has 90 valence electrons. The van der Waals surface area contributed by atoms with Gasteiger partial charge in [-0.2, -0.15) is 0 Å². The van der Waals surface area contributed by atoms with Crippen LogP contribution in [0.25, 0.3) is 0 Å². The lowest BCUT2D eigenvalue weighted by atomic mass is 10.1. The average Bonchev–Trinajstić information content (AvgIpc) is 2.26. The summed E-state index contributed by atoms with van der Waals surface area (Å²) in [4.78, 5) is 0. The van der Waals surface area contributed by atoms with E-state index in [9.17, 15) is 0 Å². The molecule has 3 N–H and O–H groups in total. The van der Waals surface area contributed by atoms with Gasteiger partial charge in [0.2, 0.25) is 0 Å². The Balaban J connectivity index is 2.21. The summed E-state index contributed by atoms with van der Waals surface area (Å²) < 4.78 is 5.00. The first-order chi connectivity index (χ1) is 7.74. The SMILES string of the molecule is COCCCCCNc1ccc(N)cc1C. The van der Waals surface area contributed by atoms with Gasteiger partial charge in [-0.05, 0) is 49.9 Å². The highest BCUT2D eigenvalue weighted by atomic mass is 16.5. The highest BCUT2D eigenvalue weighted by Crippen LogP contribution is 2.17. The Morgan fingerprint density at radius 2 is 2.06 bits per heavy atom. The largest absolute Gasteiger partial charge is 0.399 e. The van der Waals surface area contributed by atoms with Crippen molar-refractivity contribution in [1.29, 1.82) is 0 Å². The number of methoxy groups -OCH3 is 1. The Morgan fingerprint density at radius 3 is 2.75 bits per heavy atom. The Kier molecular flexibility index (Phi) is 5.72. The van der Waals surface area contributed by atoms with Crippen molar-refractivity contribution >= 4 is 11.4 Å². The normalized spacial score (nSPS) is 10.4. The lowest BCUT2D eigenvalue weighted by Crippen LogP contribution is -2.03. The van der Waals surface area contributed by atoms with Crippen LogP contribution in [0.1, 0.15) is 24.8 Å². The van der Waals surface area contributed by atoms with Gasteiger partial charge in [-0.3, -0.25) is 0 Å². The average molecular weight is 222 g/mol. The summed E-state index contributed by atoms with van der Waals surface area (Å²) in [6.07, 6.45) is 3.51. The fraction of sp³-hybridized carbons (Fsp3) is 0.538. The van der Waals surface area contributed by atoms with Gasteiger partial charge in [-0.15, -0.1) is 0 Å². The maximum atomic E-state index is 5.70. The van der Waals surface area contributed by atoms with Gasteiger partial charge in [0.25, 0.3) is 0 Å². The summed E-state index contributed by atoms with van der Waals surface area (Å²) in [5.74, 6) is 0. The lowest BCUT2D eigenvalue weighted by molar-refractivity contribution is 0.192. The number of hydrogen-bond donors (Lipinski definition) is 2. The molecule has 0 fully saturated rings. The second kappa shape index (κ2) is 7.12. The zero-order chi connectivity index (χ0) is 11.8. The molecular formula is C13H22N2O. The van der Waals surface area contributed by atoms with Gasteiger partial charge in [0, 0.05) is 31.6 Å². The van der Waals surface area contributed by atoms with E-state index < -0.39 is 0 Å². The van der Waals surface area contributed by atoms with Gasteiger partial charge in [-0.1, -0.05) is 0 Å². The summed E-state index contributed by atoms with van der Waals surface area (Å²) in [7, 11) is 1.75. The molecule has 0 saturated carbocycles. The van der Waals surface area contributed by atoms with Crippen LogP contribution in [0.3, 0.4) is 0 Å². The molecule has 0 aliphatic heterocycles. The van der Waals surface area contributed by atoms with E-state index >= 15 is 0 Å². The number of hydrogen-bond acceptors (Lipinski definition) is 3. The van der Waals surface area contributed by atoms with E-state index in [-0.39, 0.29) is 0 Å². The molecular weight excluding hydrogens is 200 g/mol. The third kappa shape index (κ3) is 4.53. The van der Waals surface area contributed by atoms with Crippen molar-refractivity contribution in [3.8, 4) is 0 Å². The first-order valence-corrected chi connectivity index (χ1v) is 5.83. The molecule has 0 spiro atoms. The summed E-state index contributed by atoms with van der Waals surface area (Å²) in [6, 6.07) is 5.97. The monoisotopic (exact) mass is 222 g/mol. The minimum absolute atomic E-state index is 0.822. The van der Waals surface area contributed by atoms with Crippen LogP contribution in [-0.4, -0.2) is 20.3 Å². The molecule has 16 heavy (non-hydrogen) atoms. The molecule has 3 heteroatoms. The van der Waals surface area contributed by atoms with Crippen molar-refractivity contribution in [2.45, 2.75) is 26.2 Å². The molecule has 3 nitrogen and oxygen atoms in total. The van der Waals surface area contributed by atoms with Gasteiger partial charge in [0.05, 0.1) is 0 Å². The highest BCUT2D eigenvalue weighted by Gasteiger charge is 1.97. The van der Waals surface area contributed by atoms with E-state index in [2.05, 4.69) is 12.2 Å². The second-order valence-corrected chi connectivity index (χ2v) is 4.05. The zero-order valence-electron chi connectivity index (χ0n) is 10.3. The van der Waals surface area contributed by atoms with E-state index in [4.69, 9.17) is 10.5 Å². The number of nitrogens with one attached hydrogen (secondary N) is 1. The standard InChI is InChI=1S/C13H22N2O/c1-11-10-12(14)6-7-13(11)15-8-4-3-5-9-16-2/h6-7,10,15H,3-5,8-9,14H2,1-2H3. The maximum Gasteiger partial charge on any atom is 0.0462 e.